The minimum Gasteiger partial charge on any atom is -0.465 e. The van der Waals surface area contributed by atoms with Gasteiger partial charge in [0.05, 0.1) is 10.5 Å². The highest BCUT2D eigenvalue weighted by molar-refractivity contribution is 6.38. The van der Waals surface area contributed by atoms with Crippen LogP contribution in [0.15, 0.2) is 16.5 Å². The second kappa shape index (κ2) is 13.4. The smallest absolute Gasteiger partial charge is 0.405 e. The van der Waals surface area contributed by atoms with E-state index in [1.54, 1.807) is 19.1 Å². The molecular formula is C29H37Cl2N7O6. The highest BCUT2D eigenvalue weighted by Crippen LogP contribution is 2.39. The first-order valence-electron chi connectivity index (χ1n) is 14.5. The molecule has 0 bridgehead atoms. The molecule has 0 saturated heterocycles. The SMILES string of the molecule is CCC(C)[C@H](NC(=O)O)C(=O)N[C@]1(C(=O)N[C@H](c2nnc(NC(C)=O)o2)C(C)CC)CCc2[nH]c3c(Cl)cc(Cl)cc3c2C1. The number of rotatable bonds is 11. The maximum atomic E-state index is 14.4. The average Bonchev–Trinajstić information content (AvgIpc) is 3.57. The zero-order chi connectivity index (χ0) is 32.3. The molecule has 5 atom stereocenters. The molecule has 1 aliphatic rings. The summed E-state index contributed by atoms with van der Waals surface area (Å²) in [6.07, 6.45) is 0.455. The number of aryl methyl sites for hydroxylation is 1. The van der Waals surface area contributed by atoms with Crippen molar-refractivity contribution in [2.24, 2.45) is 11.8 Å². The van der Waals surface area contributed by atoms with E-state index in [9.17, 15) is 24.3 Å². The van der Waals surface area contributed by atoms with Crippen molar-refractivity contribution >= 4 is 63.9 Å². The van der Waals surface area contributed by atoms with Crippen LogP contribution in [0, 0.1) is 11.8 Å². The van der Waals surface area contributed by atoms with Crippen LogP contribution in [0.25, 0.3) is 10.9 Å². The molecule has 1 aromatic carbocycles. The summed E-state index contributed by atoms with van der Waals surface area (Å²) in [6, 6.07) is 1.42. The fourth-order valence-corrected chi connectivity index (χ4v) is 6.04. The lowest BCUT2D eigenvalue weighted by atomic mass is 9.78. The summed E-state index contributed by atoms with van der Waals surface area (Å²) in [5.41, 5.74) is 0.802. The van der Waals surface area contributed by atoms with E-state index in [1.807, 2.05) is 20.8 Å². The summed E-state index contributed by atoms with van der Waals surface area (Å²) in [6.45, 7) is 8.75. The van der Waals surface area contributed by atoms with Crippen molar-refractivity contribution in [1.82, 2.24) is 31.1 Å². The number of halogens is 2. The predicted molar refractivity (Wildman–Crippen MR) is 165 cm³/mol. The highest BCUT2D eigenvalue weighted by atomic mass is 35.5. The average molecular weight is 651 g/mol. The lowest BCUT2D eigenvalue weighted by Gasteiger charge is -2.39. The van der Waals surface area contributed by atoms with Crippen molar-refractivity contribution in [3.05, 3.63) is 39.3 Å². The monoisotopic (exact) mass is 649 g/mol. The Morgan fingerprint density at radius 1 is 1.09 bits per heavy atom. The molecule has 2 aromatic heterocycles. The third-order valence-electron chi connectivity index (χ3n) is 8.36. The van der Waals surface area contributed by atoms with Crippen LogP contribution in [0.3, 0.4) is 0 Å². The van der Waals surface area contributed by atoms with Crippen LogP contribution in [0.2, 0.25) is 10.0 Å². The van der Waals surface area contributed by atoms with Crippen LogP contribution in [-0.2, 0) is 27.2 Å². The largest absolute Gasteiger partial charge is 0.465 e. The zero-order valence-electron chi connectivity index (χ0n) is 25.1. The first kappa shape index (κ1) is 33.1. The van der Waals surface area contributed by atoms with Crippen molar-refractivity contribution in [1.29, 1.82) is 0 Å². The number of amides is 4. The predicted octanol–water partition coefficient (Wildman–Crippen LogP) is 4.75. The van der Waals surface area contributed by atoms with E-state index < -0.39 is 41.4 Å². The molecule has 0 saturated carbocycles. The minimum atomic E-state index is -1.49. The Bertz CT molecular complexity index is 1570. The van der Waals surface area contributed by atoms with Crippen LogP contribution in [-0.4, -0.2) is 55.7 Å². The molecule has 4 rings (SSSR count). The summed E-state index contributed by atoms with van der Waals surface area (Å²) in [4.78, 5) is 54.7. The van der Waals surface area contributed by atoms with Gasteiger partial charge in [-0.25, -0.2) is 4.79 Å². The number of hydrogen-bond acceptors (Lipinski definition) is 7. The highest BCUT2D eigenvalue weighted by Gasteiger charge is 2.47. The fraction of sp³-hybridized carbons (Fsp3) is 0.517. The van der Waals surface area contributed by atoms with Crippen LogP contribution in [0.1, 0.15) is 77.1 Å². The molecule has 6 N–H and O–H groups in total. The minimum absolute atomic E-state index is 0.0745. The molecular weight excluding hydrogens is 613 g/mol. The third kappa shape index (κ3) is 6.94. The number of carbonyl (C=O) groups excluding carboxylic acids is 3. The van der Waals surface area contributed by atoms with Gasteiger partial charge in [-0.1, -0.05) is 68.8 Å². The number of nitrogens with one attached hydrogen (secondary N) is 5. The van der Waals surface area contributed by atoms with Gasteiger partial charge in [0.15, 0.2) is 0 Å². The number of aromatic amines is 1. The Morgan fingerprint density at radius 2 is 1.80 bits per heavy atom. The Kier molecular flexibility index (Phi) is 10.1. The normalized spacial score (nSPS) is 18.9. The van der Waals surface area contributed by atoms with E-state index in [4.69, 9.17) is 27.6 Å². The number of H-pyrrole nitrogens is 1. The molecule has 2 heterocycles. The number of anilines is 1. The molecule has 13 nitrogen and oxygen atoms in total. The molecule has 238 valence electrons. The summed E-state index contributed by atoms with van der Waals surface area (Å²) < 4.78 is 5.67. The van der Waals surface area contributed by atoms with E-state index in [0.717, 1.165) is 16.6 Å². The second-order valence-corrected chi connectivity index (χ2v) is 12.3. The molecule has 0 spiro atoms. The number of nitrogens with zero attached hydrogens (tertiary/aromatic N) is 2. The van der Waals surface area contributed by atoms with Gasteiger partial charge >= 0.3 is 12.1 Å². The van der Waals surface area contributed by atoms with E-state index in [2.05, 4.69) is 36.4 Å². The summed E-state index contributed by atoms with van der Waals surface area (Å²) in [7, 11) is 0. The second-order valence-electron chi connectivity index (χ2n) is 11.4. The van der Waals surface area contributed by atoms with Crippen LogP contribution >= 0.6 is 23.2 Å². The van der Waals surface area contributed by atoms with Crippen LogP contribution in [0.4, 0.5) is 10.8 Å². The van der Waals surface area contributed by atoms with E-state index in [1.165, 1.54) is 6.92 Å². The van der Waals surface area contributed by atoms with Crippen molar-refractivity contribution in [2.75, 3.05) is 5.32 Å². The van der Waals surface area contributed by atoms with Gasteiger partial charge in [-0.2, -0.15) is 0 Å². The zero-order valence-corrected chi connectivity index (χ0v) is 26.7. The van der Waals surface area contributed by atoms with Gasteiger partial charge in [-0.05, 0) is 42.4 Å². The number of aromatic nitrogens is 3. The van der Waals surface area contributed by atoms with Crippen LogP contribution in [0.5, 0.6) is 0 Å². The lowest BCUT2D eigenvalue weighted by molar-refractivity contribution is -0.136. The summed E-state index contributed by atoms with van der Waals surface area (Å²) in [5, 5.41) is 29.7. The van der Waals surface area contributed by atoms with Gasteiger partial charge in [0.1, 0.15) is 17.6 Å². The van der Waals surface area contributed by atoms with Gasteiger partial charge < -0.3 is 30.5 Å². The third-order valence-corrected chi connectivity index (χ3v) is 8.88. The van der Waals surface area contributed by atoms with E-state index in [0.29, 0.717) is 34.8 Å². The molecule has 44 heavy (non-hydrogen) atoms. The van der Waals surface area contributed by atoms with Gasteiger partial charge in [0, 0.05) is 29.4 Å². The quantitative estimate of drug-likeness (QED) is 0.171. The molecule has 3 aromatic rings. The van der Waals surface area contributed by atoms with Gasteiger partial charge in [0.25, 0.3) is 0 Å². The maximum Gasteiger partial charge on any atom is 0.405 e. The fourth-order valence-electron chi connectivity index (χ4n) is 5.50. The van der Waals surface area contributed by atoms with E-state index in [-0.39, 0.29) is 36.6 Å². The van der Waals surface area contributed by atoms with E-state index >= 15 is 0 Å². The number of carboxylic acid groups (broad SMARTS) is 1. The first-order valence-corrected chi connectivity index (χ1v) is 15.3. The topological polar surface area (TPSA) is 191 Å². The Morgan fingerprint density at radius 3 is 2.43 bits per heavy atom. The number of carbonyl (C=O) groups is 4. The number of fused-ring (bicyclic) bond motifs is 3. The van der Waals surface area contributed by atoms with Crippen molar-refractivity contribution in [3.8, 4) is 0 Å². The molecule has 0 aliphatic heterocycles. The van der Waals surface area contributed by atoms with Gasteiger partial charge in [-0.15, -0.1) is 5.10 Å². The Labute approximate surface area is 264 Å². The Hall–Kier alpha value is -3.84. The molecule has 4 amide bonds. The van der Waals surface area contributed by atoms with Crippen molar-refractivity contribution in [3.63, 3.8) is 0 Å². The summed E-state index contributed by atoms with van der Waals surface area (Å²) >= 11 is 12.8. The molecule has 0 radical (unpaired) electrons. The van der Waals surface area contributed by atoms with Gasteiger partial charge in [0.2, 0.25) is 23.6 Å². The number of benzene rings is 1. The van der Waals surface area contributed by atoms with Crippen molar-refractivity contribution < 1.29 is 28.7 Å². The van der Waals surface area contributed by atoms with Crippen LogP contribution < -0.4 is 21.3 Å². The van der Waals surface area contributed by atoms with Crippen molar-refractivity contribution in [2.45, 2.75) is 84.3 Å². The summed E-state index contributed by atoms with van der Waals surface area (Å²) in [5.74, 6) is -1.97. The molecule has 15 heteroatoms. The molecule has 0 fully saturated rings. The van der Waals surface area contributed by atoms with Gasteiger partial charge in [-0.3, -0.25) is 19.7 Å². The molecule has 2 unspecified atom stereocenters. The standard InChI is InChI=1S/C29H37Cl2N7O6/c1-6-13(3)21(35-28(42)43)24(40)36-29(9-8-20-18(12-29)17-10-16(30)11-19(31)23(17)33-20)26(41)34-22(14(4)7-2)25-37-38-27(44-25)32-15(5)39/h10-11,13-14,21-22,33,35H,6-9,12H2,1-5H3,(H,34,41)(H,36,40)(H,42,43)(H,32,38,39)/t13?,14?,21-,22-,29+/m0/s1. The maximum absolute atomic E-state index is 14.4. The Balaban J connectivity index is 1.76. The number of hydrogen-bond donors (Lipinski definition) is 6. The molecule has 1 aliphatic carbocycles. The first-order chi connectivity index (χ1) is 20.8. The lowest BCUT2D eigenvalue weighted by Crippen LogP contribution is -2.65.